The zero-order valence-electron chi connectivity index (χ0n) is 11.8. The number of nitriles is 1. The number of benzene rings is 2. The fourth-order valence-corrected chi connectivity index (χ4v) is 2.07. The van der Waals surface area contributed by atoms with Crippen LogP contribution < -0.4 is 4.74 Å². The molecule has 0 spiro atoms. The Labute approximate surface area is 130 Å². The van der Waals surface area contributed by atoms with Crippen LogP contribution in [0.15, 0.2) is 42.5 Å². The Bertz CT molecular complexity index is 886. The Kier molecular flexibility index (Phi) is 3.97. The Hall–Kier alpha value is -3.27. The van der Waals surface area contributed by atoms with E-state index in [1.54, 1.807) is 24.3 Å². The smallest absolute Gasteiger partial charge is 0.167 e. The maximum atomic E-state index is 13.5. The summed E-state index contributed by atoms with van der Waals surface area (Å²) in [6.07, 6.45) is 0. The predicted molar refractivity (Wildman–Crippen MR) is 77.2 cm³/mol. The van der Waals surface area contributed by atoms with Gasteiger partial charge in [-0.2, -0.15) is 5.26 Å². The second-order valence-electron chi connectivity index (χ2n) is 4.71. The van der Waals surface area contributed by atoms with E-state index in [2.05, 4.69) is 15.4 Å². The molecule has 0 saturated carbocycles. The Morgan fingerprint density at radius 1 is 1.17 bits per heavy atom. The van der Waals surface area contributed by atoms with Gasteiger partial charge in [0.2, 0.25) is 0 Å². The fraction of sp³-hybridized carbons (Fsp3) is 0.0625. The van der Waals surface area contributed by atoms with Crippen LogP contribution >= 0.6 is 0 Å². The monoisotopic (exact) mass is 312 g/mol. The molecule has 0 amide bonds. The number of aromatic nitrogens is 3. The third-order valence-electron chi connectivity index (χ3n) is 3.15. The molecular weight excluding hydrogens is 302 g/mol. The van der Waals surface area contributed by atoms with Crippen LogP contribution in [0, 0.1) is 23.0 Å². The number of hydrogen-bond donors (Lipinski definition) is 1. The van der Waals surface area contributed by atoms with E-state index < -0.39 is 11.6 Å². The number of H-pyrrole nitrogens is 1. The highest BCUT2D eigenvalue weighted by Crippen LogP contribution is 2.22. The van der Waals surface area contributed by atoms with Gasteiger partial charge in [-0.15, -0.1) is 5.10 Å². The largest absolute Gasteiger partial charge is 0.486 e. The van der Waals surface area contributed by atoms with E-state index in [4.69, 9.17) is 10.00 Å². The SMILES string of the molecule is N#Cc1[nH]nnc1-c1cccc(COc2ccc(F)cc2F)c1. The lowest BCUT2D eigenvalue weighted by Gasteiger charge is -2.08. The third-order valence-corrected chi connectivity index (χ3v) is 3.15. The number of ether oxygens (including phenoxy) is 1. The molecule has 0 fully saturated rings. The lowest BCUT2D eigenvalue weighted by Crippen LogP contribution is -1.98. The van der Waals surface area contributed by atoms with Crippen molar-refractivity contribution in [2.75, 3.05) is 0 Å². The number of rotatable bonds is 4. The van der Waals surface area contributed by atoms with Crippen molar-refractivity contribution in [2.24, 2.45) is 0 Å². The molecule has 2 aromatic carbocycles. The minimum Gasteiger partial charge on any atom is -0.486 e. The van der Waals surface area contributed by atoms with E-state index in [1.807, 2.05) is 6.07 Å². The van der Waals surface area contributed by atoms with Gasteiger partial charge in [0.25, 0.3) is 0 Å². The van der Waals surface area contributed by atoms with Crippen LogP contribution in [0.2, 0.25) is 0 Å². The number of nitrogens with zero attached hydrogens (tertiary/aromatic N) is 3. The zero-order chi connectivity index (χ0) is 16.2. The topological polar surface area (TPSA) is 74.6 Å². The van der Waals surface area contributed by atoms with Crippen LogP contribution in [0.25, 0.3) is 11.3 Å². The average Bonchev–Trinajstić information content (AvgIpc) is 3.03. The number of aromatic amines is 1. The summed E-state index contributed by atoms with van der Waals surface area (Å²) in [4.78, 5) is 0. The summed E-state index contributed by atoms with van der Waals surface area (Å²) in [5.74, 6) is -1.45. The third kappa shape index (κ3) is 3.16. The molecule has 0 aliphatic carbocycles. The van der Waals surface area contributed by atoms with Crippen LogP contribution in [-0.4, -0.2) is 15.4 Å². The number of halogens is 2. The number of nitrogens with one attached hydrogen (secondary N) is 1. The van der Waals surface area contributed by atoms with Gasteiger partial charge < -0.3 is 4.74 Å². The standard InChI is InChI=1S/C16H10F2N4O/c17-12-4-5-15(13(18)7-12)23-9-10-2-1-3-11(6-10)16-14(8-19)20-22-21-16/h1-7H,9H2,(H,20,21,22). The highest BCUT2D eigenvalue weighted by molar-refractivity contribution is 5.64. The molecule has 7 heteroatoms. The van der Waals surface area contributed by atoms with Crippen LogP contribution in [0.3, 0.4) is 0 Å². The quantitative estimate of drug-likeness (QED) is 0.803. The number of hydrogen-bond acceptors (Lipinski definition) is 4. The maximum absolute atomic E-state index is 13.5. The molecule has 3 rings (SSSR count). The molecule has 1 heterocycles. The fourth-order valence-electron chi connectivity index (χ4n) is 2.07. The van der Waals surface area contributed by atoms with Gasteiger partial charge >= 0.3 is 0 Å². The van der Waals surface area contributed by atoms with Crippen molar-refractivity contribution in [3.05, 3.63) is 65.4 Å². The van der Waals surface area contributed by atoms with E-state index in [-0.39, 0.29) is 18.1 Å². The molecular formula is C16H10F2N4O. The van der Waals surface area contributed by atoms with Gasteiger partial charge in [-0.25, -0.2) is 13.9 Å². The summed E-state index contributed by atoms with van der Waals surface area (Å²) in [5.41, 5.74) is 2.13. The second kappa shape index (κ2) is 6.23. The first kappa shape index (κ1) is 14.7. The maximum Gasteiger partial charge on any atom is 0.167 e. The molecule has 3 aromatic rings. The zero-order valence-corrected chi connectivity index (χ0v) is 11.8. The highest BCUT2D eigenvalue weighted by atomic mass is 19.1. The van der Waals surface area contributed by atoms with Crippen LogP contribution in [-0.2, 0) is 6.61 Å². The molecule has 0 aliphatic rings. The van der Waals surface area contributed by atoms with Gasteiger partial charge in [0.15, 0.2) is 17.3 Å². The minimum atomic E-state index is -0.760. The van der Waals surface area contributed by atoms with E-state index in [0.717, 1.165) is 17.7 Å². The van der Waals surface area contributed by atoms with Crippen molar-refractivity contribution < 1.29 is 13.5 Å². The summed E-state index contributed by atoms with van der Waals surface area (Å²) in [5, 5.41) is 19.0. The van der Waals surface area contributed by atoms with Gasteiger partial charge in [0.1, 0.15) is 24.2 Å². The summed E-state index contributed by atoms with van der Waals surface area (Å²) in [6.45, 7) is 0.0934. The minimum absolute atomic E-state index is 0.0315. The van der Waals surface area contributed by atoms with E-state index in [9.17, 15) is 8.78 Å². The molecule has 0 unspecified atom stereocenters. The molecule has 114 valence electrons. The van der Waals surface area contributed by atoms with Gasteiger partial charge in [0, 0.05) is 11.6 Å². The average molecular weight is 312 g/mol. The van der Waals surface area contributed by atoms with Crippen LogP contribution in [0.5, 0.6) is 5.75 Å². The first-order valence-corrected chi connectivity index (χ1v) is 6.65. The van der Waals surface area contributed by atoms with Crippen molar-refractivity contribution in [1.29, 1.82) is 5.26 Å². The van der Waals surface area contributed by atoms with E-state index in [0.29, 0.717) is 11.3 Å². The van der Waals surface area contributed by atoms with Crippen molar-refractivity contribution >= 4 is 0 Å². The summed E-state index contributed by atoms with van der Waals surface area (Å²) >= 11 is 0. The van der Waals surface area contributed by atoms with Crippen LogP contribution in [0.4, 0.5) is 8.78 Å². The van der Waals surface area contributed by atoms with Crippen molar-refractivity contribution in [1.82, 2.24) is 15.4 Å². The Morgan fingerprint density at radius 3 is 2.83 bits per heavy atom. The summed E-state index contributed by atoms with van der Waals surface area (Å²) < 4.78 is 31.7. The Balaban J connectivity index is 1.79. The van der Waals surface area contributed by atoms with Gasteiger partial charge in [-0.1, -0.05) is 23.4 Å². The van der Waals surface area contributed by atoms with Gasteiger partial charge in [-0.3, -0.25) is 0 Å². The molecule has 1 N–H and O–H groups in total. The van der Waals surface area contributed by atoms with Gasteiger partial charge in [0.05, 0.1) is 0 Å². The van der Waals surface area contributed by atoms with Gasteiger partial charge in [-0.05, 0) is 23.8 Å². The molecule has 0 aliphatic heterocycles. The molecule has 5 nitrogen and oxygen atoms in total. The normalized spacial score (nSPS) is 10.3. The lowest BCUT2D eigenvalue weighted by molar-refractivity contribution is 0.289. The molecule has 23 heavy (non-hydrogen) atoms. The first-order valence-electron chi connectivity index (χ1n) is 6.65. The molecule has 0 atom stereocenters. The van der Waals surface area contributed by atoms with Crippen molar-refractivity contribution in [2.45, 2.75) is 6.61 Å². The molecule has 1 aromatic heterocycles. The van der Waals surface area contributed by atoms with E-state index in [1.165, 1.54) is 6.07 Å². The molecule has 0 bridgehead atoms. The van der Waals surface area contributed by atoms with Crippen molar-refractivity contribution in [3.8, 4) is 23.1 Å². The highest BCUT2D eigenvalue weighted by Gasteiger charge is 2.10. The molecule has 0 saturated heterocycles. The van der Waals surface area contributed by atoms with Crippen LogP contribution in [0.1, 0.15) is 11.3 Å². The first-order chi connectivity index (χ1) is 11.2. The lowest BCUT2D eigenvalue weighted by atomic mass is 10.1. The van der Waals surface area contributed by atoms with Crippen molar-refractivity contribution in [3.63, 3.8) is 0 Å². The summed E-state index contributed by atoms with van der Waals surface area (Å²) in [7, 11) is 0. The Morgan fingerprint density at radius 2 is 2.04 bits per heavy atom. The predicted octanol–water partition coefficient (Wildman–Crippen LogP) is 3.20. The summed E-state index contributed by atoms with van der Waals surface area (Å²) in [6, 6.07) is 12.2. The second-order valence-corrected chi connectivity index (χ2v) is 4.71. The van der Waals surface area contributed by atoms with E-state index >= 15 is 0 Å². The molecule has 0 radical (unpaired) electrons.